The van der Waals surface area contributed by atoms with Gasteiger partial charge in [-0.3, -0.25) is 4.98 Å². The van der Waals surface area contributed by atoms with Crippen LogP contribution in [-0.2, 0) is 0 Å². The zero-order valence-corrected chi connectivity index (χ0v) is 8.35. The molecule has 0 aliphatic rings. The lowest BCUT2D eigenvalue weighted by Gasteiger charge is -2.00. The maximum atomic E-state index is 4.33. The van der Waals surface area contributed by atoms with Crippen molar-refractivity contribution in [1.29, 1.82) is 0 Å². The highest BCUT2D eigenvalue weighted by molar-refractivity contribution is 5.96. The van der Waals surface area contributed by atoms with Gasteiger partial charge in [0.1, 0.15) is 0 Å². The Bertz CT molecular complexity index is 497. The minimum Gasteiger partial charge on any atom is -0.344 e. The van der Waals surface area contributed by atoms with Crippen LogP contribution >= 0.6 is 0 Å². The number of benzene rings is 2. The van der Waals surface area contributed by atoms with Gasteiger partial charge in [-0.15, -0.1) is 0 Å². The van der Waals surface area contributed by atoms with Crippen LogP contribution in [0, 0.1) is 0 Å². The number of hydrogen-bond acceptors (Lipinski definition) is 2. The molecule has 3 N–H and O–H groups in total. The van der Waals surface area contributed by atoms with Gasteiger partial charge in [-0.25, -0.2) is 0 Å². The second-order valence-corrected chi connectivity index (χ2v) is 3.40. The number of rotatable bonds is 0. The molecule has 1 heterocycles. The van der Waals surface area contributed by atoms with E-state index in [0.29, 0.717) is 0 Å². The third kappa shape index (κ3) is 1.55. The fraction of sp³-hybridized carbons (Fsp3) is 0. The van der Waals surface area contributed by atoms with E-state index in [1.165, 1.54) is 16.2 Å². The first-order valence-electron chi connectivity index (χ1n) is 4.67. The van der Waals surface area contributed by atoms with Gasteiger partial charge in [0.25, 0.3) is 0 Å². The van der Waals surface area contributed by atoms with Crippen molar-refractivity contribution in [3.63, 3.8) is 0 Å². The summed E-state index contributed by atoms with van der Waals surface area (Å²) in [4.78, 5) is 4.33. The fourth-order valence-corrected chi connectivity index (χ4v) is 1.76. The smallest absolute Gasteiger partial charge is 0.0708 e. The van der Waals surface area contributed by atoms with Crippen LogP contribution < -0.4 is 6.15 Å². The molecule has 1 aromatic heterocycles. The molecule has 2 aromatic carbocycles. The van der Waals surface area contributed by atoms with Crippen LogP contribution in [0.25, 0.3) is 21.7 Å². The molecular formula is C13H12N2. The van der Waals surface area contributed by atoms with E-state index >= 15 is 0 Å². The molecule has 0 fully saturated rings. The third-order valence-corrected chi connectivity index (χ3v) is 2.47. The summed E-state index contributed by atoms with van der Waals surface area (Å²) in [5, 5.41) is 3.72. The Balaban J connectivity index is 0.000000853. The molecule has 0 atom stereocenters. The highest BCUT2D eigenvalue weighted by atomic mass is 14.6. The van der Waals surface area contributed by atoms with Gasteiger partial charge in [0.15, 0.2) is 0 Å². The van der Waals surface area contributed by atoms with Crippen molar-refractivity contribution in [1.82, 2.24) is 11.1 Å². The molecule has 0 aliphatic carbocycles. The van der Waals surface area contributed by atoms with E-state index in [2.05, 4.69) is 47.4 Å². The highest BCUT2D eigenvalue weighted by Crippen LogP contribution is 2.20. The monoisotopic (exact) mass is 196 g/mol. The van der Waals surface area contributed by atoms with Gasteiger partial charge in [-0.1, -0.05) is 30.3 Å². The number of fused-ring (bicyclic) bond motifs is 2. The Morgan fingerprint density at radius 3 is 2.20 bits per heavy atom. The summed E-state index contributed by atoms with van der Waals surface area (Å²) in [5.74, 6) is 0. The Morgan fingerprint density at radius 2 is 1.40 bits per heavy atom. The summed E-state index contributed by atoms with van der Waals surface area (Å²) >= 11 is 0. The maximum Gasteiger partial charge on any atom is 0.0708 e. The number of pyridine rings is 1. The molecule has 3 aromatic rings. The molecule has 0 amide bonds. The topological polar surface area (TPSA) is 47.9 Å². The minimum absolute atomic E-state index is 0. The van der Waals surface area contributed by atoms with Crippen LogP contribution in [0.5, 0.6) is 0 Å². The van der Waals surface area contributed by atoms with Crippen LogP contribution in [0.3, 0.4) is 0 Å². The molecule has 2 heteroatoms. The molecule has 0 radical (unpaired) electrons. The fourth-order valence-electron chi connectivity index (χ4n) is 1.76. The second kappa shape index (κ2) is 3.67. The Morgan fingerprint density at radius 1 is 0.733 bits per heavy atom. The van der Waals surface area contributed by atoms with E-state index in [9.17, 15) is 0 Å². The Kier molecular flexibility index (Phi) is 2.35. The predicted octanol–water partition coefficient (Wildman–Crippen LogP) is 3.55. The summed E-state index contributed by atoms with van der Waals surface area (Å²) in [7, 11) is 0. The Hall–Kier alpha value is -1.93. The normalized spacial score (nSPS) is 10.1. The average molecular weight is 196 g/mol. The first kappa shape index (κ1) is 9.62. The van der Waals surface area contributed by atoms with Gasteiger partial charge in [0.2, 0.25) is 0 Å². The van der Waals surface area contributed by atoms with E-state index < -0.39 is 0 Å². The van der Waals surface area contributed by atoms with Gasteiger partial charge in [-0.05, 0) is 29.0 Å². The van der Waals surface area contributed by atoms with Gasteiger partial charge in [-0.2, -0.15) is 0 Å². The number of aromatic nitrogens is 1. The van der Waals surface area contributed by atoms with Crippen molar-refractivity contribution in [3.8, 4) is 0 Å². The molecule has 0 spiro atoms. The molecule has 2 nitrogen and oxygen atoms in total. The molecular weight excluding hydrogens is 184 g/mol. The first-order valence-corrected chi connectivity index (χ1v) is 4.67. The van der Waals surface area contributed by atoms with Crippen LogP contribution in [0.2, 0.25) is 0 Å². The molecule has 0 unspecified atom stereocenters. The van der Waals surface area contributed by atoms with Crippen LogP contribution in [0.1, 0.15) is 0 Å². The van der Waals surface area contributed by atoms with Crippen molar-refractivity contribution >= 4 is 21.7 Å². The predicted molar refractivity (Wildman–Crippen MR) is 64.3 cm³/mol. The van der Waals surface area contributed by atoms with Crippen molar-refractivity contribution < 1.29 is 0 Å². The zero-order valence-electron chi connectivity index (χ0n) is 8.35. The molecule has 3 rings (SSSR count). The summed E-state index contributed by atoms with van der Waals surface area (Å²) in [5.41, 5.74) is 1.06. The lowest BCUT2D eigenvalue weighted by Crippen LogP contribution is -1.78. The average Bonchev–Trinajstić information content (AvgIpc) is 2.26. The van der Waals surface area contributed by atoms with E-state index in [0.717, 1.165) is 5.52 Å². The Labute approximate surface area is 88.2 Å². The third-order valence-electron chi connectivity index (χ3n) is 2.47. The molecule has 0 saturated carbocycles. The molecule has 15 heavy (non-hydrogen) atoms. The van der Waals surface area contributed by atoms with Crippen LogP contribution in [0.15, 0.2) is 54.7 Å². The maximum absolute atomic E-state index is 4.33. The van der Waals surface area contributed by atoms with Gasteiger partial charge < -0.3 is 6.15 Å². The standard InChI is InChI=1S/C13H9N.H3N/c1-2-5-11-9-13-12(6-3-7-14-13)8-10(11)4-1;/h1-9H;1H3. The quantitative estimate of drug-likeness (QED) is 0.559. The summed E-state index contributed by atoms with van der Waals surface area (Å²) in [6.07, 6.45) is 1.83. The SMILES string of the molecule is N.c1ccc2cc3ncccc3cc2c1. The van der Waals surface area contributed by atoms with Gasteiger partial charge in [0.05, 0.1) is 5.52 Å². The minimum atomic E-state index is 0. The van der Waals surface area contributed by atoms with Crippen molar-refractivity contribution in [2.75, 3.05) is 0 Å². The van der Waals surface area contributed by atoms with E-state index in [4.69, 9.17) is 0 Å². The molecule has 0 saturated heterocycles. The van der Waals surface area contributed by atoms with E-state index in [1.807, 2.05) is 12.3 Å². The van der Waals surface area contributed by atoms with Gasteiger partial charge >= 0.3 is 0 Å². The molecule has 74 valence electrons. The highest BCUT2D eigenvalue weighted by Gasteiger charge is 1.96. The largest absolute Gasteiger partial charge is 0.344 e. The van der Waals surface area contributed by atoms with E-state index in [1.54, 1.807) is 0 Å². The van der Waals surface area contributed by atoms with E-state index in [-0.39, 0.29) is 6.15 Å². The number of nitrogens with zero attached hydrogens (tertiary/aromatic N) is 1. The summed E-state index contributed by atoms with van der Waals surface area (Å²) in [6.45, 7) is 0. The molecule has 0 aliphatic heterocycles. The summed E-state index contributed by atoms with van der Waals surface area (Å²) in [6, 6.07) is 16.7. The van der Waals surface area contributed by atoms with Crippen molar-refractivity contribution in [2.24, 2.45) is 0 Å². The first-order chi connectivity index (χ1) is 6.93. The number of hydrogen-bond donors (Lipinski definition) is 1. The van der Waals surface area contributed by atoms with Gasteiger partial charge in [0, 0.05) is 11.6 Å². The zero-order chi connectivity index (χ0) is 9.38. The summed E-state index contributed by atoms with van der Waals surface area (Å²) < 4.78 is 0. The lowest BCUT2D eigenvalue weighted by molar-refractivity contribution is 1.42. The second-order valence-electron chi connectivity index (χ2n) is 3.40. The van der Waals surface area contributed by atoms with Crippen molar-refractivity contribution in [3.05, 3.63) is 54.7 Å². The lowest BCUT2D eigenvalue weighted by atomic mass is 10.1. The van der Waals surface area contributed by atoms with Crippen LogP contribution in [0.4, 0.5) is 0 Å². The van der Waals surface area contributed by atoms with Crippen LogP contribution in [-0.4, -0.2) is 4.98 Å². The molecule has 0 bridgehead atoms. The van der Waals surface area contributed by atoms with Crippen molar-refractivity contribution in [2.45, 2.75) is 0 Å².